The molecule has 110 valence electrons. The first-order chi connectivity index (χ1) is 8.37. The van der Waals surface area contributed by atoms with Crippen LogP contribution >= 0.6 is 0 Å². The maximum atomic E-state index is 12.9. The van der Waals surface area contributed by atoms with Crippen molar-refractivity contribution in [2.75, 3.05) is 33.0 Å². The van der Waals surface area contributed by atoms with Crippen LogP contribution in [0.4, 0.5) is 17.6 Å². The minimum atomic E-state index is -4.78. The molecule has 8 heteroatoms. The second-order valence-corrected chi connectivity index (χ2v) is 3.42. The Labute approximate surface area is 103 Å². The summed E-state index contributed by atoms with van der Waals surface area (Å²) in [5.74, 6) is 0. The number of aliphatic hydroxyl groups excluding tert-OH is 1. The average molecular weight is 278 g/mol. The Morgan fingerprint density at radius 2 is 1.44 bits per heavy atom. The van der Waals surface area contributed by atoms with E-state index in [1.54, 1.807) is 0 Å². The molecule has 0 aromatic rings. The zero-order valence-corrected chi connectivity index (χ0v) is 10.1. The number of hydrogen-bond donors (Lipinski definition) is 1. The quantitative estimate of drug-likeness (QED) is 0.464. The van der Waals surface area contributed by atoms with Gasteiger partial charge in [0.2, 0.25) is 0 Å². The molecule has 0 rings (SSSR count). The summed E-state index contributed by atoms with van der Waals surface area (Å²) in [4.78, 5) is 0. The van der Waals surface area contributed by atoms with Gasteiger partial charge < -0.3 is 19.3 Å². The van der Waals surface area contributed by atoms with Crippen LogP contribution in [0.3, 0.4) is 0 Å². The molecule has 0 aliphatic carbocycles. The molecule has 0 atom stereocenters. The van der Waals surface area contributed by atoms with Gasteiger partial charge in [0.15, 0.2) is 0 Å². The van der Waals surface area contributed by atoms with Crippen LogP contribution in [0.1, 0.15) is 19.8 Å². The van der Waals surface area contributed by atoms with Crippen molar-refractivity contribution in [1.29, 1.82) is 0 Å². The number of alkyl halides is 4. The van der Waals surface area contributed by atoms with Crippen LogP contribution in [0, 0.1) is 0 Å². The van der Waals surface area contributed by atoms with Gasteiger partial charge in [-0.15, -0.1) is 0 Å². The van der Waals surface area contributed by atoms with Gasteiger partial charge in [-0.1, -0.05) is 13.3 Å². The fourth-order valence-corrected chi connectivity index (χ4v) is 0.919. The van der Waals surface area contributed by atoms with Crippen molar-refractivity contribution in [3.63, 3.8) is 0 Å². The molecule has 0 spiro atoms. The van der Waals surface area contributed by atoms with Gasteiger partial charge in [-0.2, -0.15) is 17.6 Å². The van der Waals surface area contributed by atoms with E-state index in [2.05, 4.69) is 9.47 Å². The highest BCUT2D eigenvalue weighted by molar-refractivity contribution is 4.66. The molecule has 4 nitrogen and oxygen atoms in total. The van der Waals surface area contributed by atoms with Crippen molar-refractivity contribution in [2.45, 2.75) is 32.0 Å². The van der Waals surface area contributed by atoms with Crippen LogP contribution in [0.25, 0.3) is 0 Å². The van der Waals surface area contributed by atoms with E-state index in [-0.39, 0.29) is 6.61 Å². The molecule has 1 N–H and O–H groups in total. The molecular formula is C10H18F4O4. The highest BCUT2D eigenvalue weighted by Gasteiger charge is 2.59. The summed E-state index contributed by atoms with van der Waals surface area (Å²) in [6.45, 7) is -0.277. The van der Waals surface area contributed by atoms with Gasteiger partial charge in [0, 0.05) is 6.61 Å². The number of halogens is 4. The van der Waals surface area contributed by atoms with Crippen molar-refractivity contribution < 1.29 is 36.9 Å². The van der Waals surface area contributed by atoms with Crippen LogP contribution < -0.4 is 0 Å². The summed E-state index contributed by atoms with van der Waals surface area (Å²) < 4.78 is 63.4. The molecule has 18 heavy (non-hydrogen) atoms. The normalized spacial score (nSPS) is 13.0. The molecule has 0 saturated carbocycles. The van der Waals surface area contributed by atoms with Crippen LogP contribution in [0.2, 0.25) is 0 Å². The predicted octanol–water partition coefficient (Wildman–Crippen LogP) is 2.01. The number of aliphatic hydroxyl groups is 1. The fourth-order valence-electron chi connectivity index (χ4n) is 0.919. The molecule has 0 aliphatic heterocycles. The Bertz CT molecular complexity index is 214. The van der Waals surface area contributed by atoms with E-state index in [0.29, 0.717) is 6.61 Å². The summed E-state index contributed by atoms with van der Waals surface area (Å²) in [5.41, 5.74) is 0. The molecule has 0 heterocycles. The van der Waals surface area contributed by atoms with Gasteiger partial charge in [0.1, 0.15) is 0 Å². The van der Waals surface area contributed by atoms with Gasteiger partial charge in [-0.3, -0.25) is 0 Å². The van der Waals surface area contributed by atoms with E-state index < -0.39 is 32.0 Å². The Morgan fingerprint density at radius 3 is 1.94 bits per heavy atom. The minimum absolute atomic E-state index is 0.203. The smallest absolute Gasteiger partial charge is 0.394 e. The lowest BCUT2D eigenvalue weighted by atomic mass is 10.4. The van der Waals surface area contributed by atoms with Crippen molar-refractivity contribution in [1.82, 2.24) is 0 Å². The molecule has 0 aromatic carbocycles. The van der Waals surface area contributed by atoms with Gasteiger partial charge >= 0.3 is 12.2 Å². The average Bonchev–Trinajstić information content (AvgIpc) is 2.31. The fraction of sp³-hybridized carbons (Fsp3) is 1.00. The lowest BCUT2D eigenvalue weighted by Gasteiger charge is -2.25. The summed E-state index contributed by atoms with van der Waals surface area (Å²) in [7, 11) is 0. The highest BCUT2D eigenvalue weighted by Crippen LogP contribution is 2.36. The minimum Gasteiger partial charge on any atom is -0.394 e. The predicted molar refractivity (Wildman–Crippen MR) is 54.6 cm³/mol. The van der Waals surface area contributed by atoms with Gasteiger partial charge in [0.05, 0.1) is 26.4 Å². The van der Waals surface area contributed by atoms with Gasteiger partial charge in [0.25, 0.3) is 0 Å². The molecular weight excluding hydrogens is 260 g/mol. The summed E-state index contributed by atoms with van der Waals surface area (Å²) >= 11 is 0. The van der Waals surface area contributed by atoms with Gasteiger partial charge in [-0.05, 0) is 6.42 Å². The summed E-state index contributed by atoms with van der Waals surface area (Å²) in [6.07, 6.45) is -7.90. The first kappa shape index (κ1) is 17.6. The summed E-state index contributed by atoms with van der Waals surface area (Å²) in [5, 5.41) is 8.23. The van der Waals surface area contributed by atoms with Crippen LogP contribution in [0.5, 0.6) is 0 Å². The van der Waals surface area contributed by atoms with E-state index >= 15 is 0 Å². The van der Waals surface area contributed by atoms with Crippen LogP contribution in [-0.4, -0.2) is 50.4 Å². The zero-order valence-electron chi connectivity index (χ0n) is 10.1. The molecule has 0 bridgehead atoms. The Kier molecular flexibility index (Phi) is 8.41. The highest BCUT2D eigenvalue weighted by atomic mass is 19.3. The second kappa shape index (κ2) is 8.63. The maximum Gasteiger partial charge on any atom is 0.448 e. The standard InChI is InChI=1S/C10H18F4O4/c1-2-3-5-16-7-8-18-10(13,14)9(11,12)17-6-4-15/h15H,2-8H2,1H3. The SMILES string of the molecule is CCCCOCCOC(F)(F)C(F)(F)OCCO. The Balaban J connectivity index is 3.90. The number of unbranched alkanes of at least 4 members (excludes halogenated alkanes) is 1. The first-order valence-electron chi connectivity index (χ1n) is 5.59. The molecule has 0 saturated heterocycles. The Morgan fingerprint density at radius 1 is 0.889 bits per heavy atom. The molecule has 0 unspecified atom stereocenters. The van der Waals surface area contributed by atoms with E-state index in [1.165, 1.54) is 0 Å². The van der Waals surface area contributed by atoms with Crippen molar-refractivity contribution in [2.24, 2.45) is 0 Å². The molecule has 0 amide bonds. The zero-order chi connectivity index (χ0) is 14.1. The lowest BCUT2D eigenvalue weighted by Crippen LogP contribution is -2.46. The third kappa shape index (κ3) is 6.48. The third-order valence-corrected chi connectivity index (χ3v) is 1.87. The van der Waals surface area contributed by atoms with E-state index in [1.807, 2.05) is 6.92 Å². The maximum absolute atomic E-state index is 12.9. The van der Waals surface area contributed by atoms with Gasteiger partial charge in [-0.25, -0.2) is 0 Å². The van der Waals surface area contributed by atoms with E-state index in [0.717, 1.165) is 12.8 Å². The Hall–Kier alpha value is -0.440. The van der Waals surface area contributed by atoms with Crippen LogP contribution in [-0.2, 0) is 14.2 Å². The largest absolute Gasteiger partial charge is 0.448 e. The van der Waals surface area contributed by atoms with E-state index in [4.69, 9.17) is 9.84 Å². The lowest BCUT2D eigenvalue weighted by molar-refractivity contribution is -0.431. The molecule has 0 fully saturated rings. The number of rotatable bonds is 11. The van der Waals surface area contributed by atoms with Crippen molar-refractivity contribution in [3.05, 3.63) is 0 Å². The van der Waals surface area contributed by atoms with Crippen LogP contribution in [0.15, 0.2) is 0 Å². The number of hydrogen-bond acceptors (Lipinski definition) is 4. The third-order valence-electron chi connectivity index (χ3n) is 1.87. The summed E-state index contributed by atoms with van der Waals surface area (Å²) in [6, 6.07) is 0. The monoisotopic (exact) mass is 278 g/mol. The molecule has 0 aliphatic rings. The van der Waals surface area contributed by atoms with Crippen molar-refractivity contribution >= 4 is 0 Å². The van der Waals surface area contributed by atoms with E-state index in [9.17, 15) is 17.6 Å². The number of ether oxygens (including phenoxy) is 3. The second-order valence-electron chi connectivity index (χ2n) is 3.42. The topological polar surface area (TPSA) is 47.9 Å². The molecule has 0 radical (unpaired) electrons. The van der Waals surface area contributed by atoms with Crippen molar-refractivity contribution in [3.8, 4) is 0 Å². The molecule has 0 aromatic heterocycles. The first-order valence-corrected chi connectivity index (χ1v) is 5.59.